The molecule has 1 atom stereocenters. The van der Waals surface area contributed by atoms with E-state index in [2.05, 4.69) is 16.0 Å². The SMILES string of the molecule is N#CCNC(=O)C(CNC(=O)c1cccc(NC(=O)O)c1)C1CCCCC1. The lowest BCUT2D eigenvalue weighted by molar-refractivity contribution is -0.126. The lowest BCUT2D eigenvalue weighted by Gasteiger charge is -2.29. The van der Waals surface area contributed by atoms with Crippen LogP contribution in [-0.2, 0) is 4.79 Å². The van der Waals surface area contributed by atoms with Gasteiger partial charge in [-0.1, -0.05) is 25.3 Å². The van der Waals surface area contributed by atoms with E-state index in [0.29, 0.717) is 11.3 Å². The predicted octanol–water partition coefficient (Wildman–Crippen LogP) is 2.34. The topological polar surface area (TPSA) is 131 Å². The van der Waals surface area contributed by atoms with Crippen LogP contribution in [0, 0.1) is 23.2 Å². The van der Waals surface area contributed by atoms with Crippen LogP contribution in [0.3, 0.4) is 0 Å². The number of nitrogens with one attached hydrogen (secondary N) is 3. The molecule has 0 aromatic heterocycles. The van der Waals surface area contributed by atoms with E-state index in [1.54, 1.807) is 18.2 Å². The molecule has 0 spiro atoms. The number of hydrogen-bond donors (Lipinski definition) is 4. The summed E-state index contributed by atoms with van der Waals surface area (Å²) in [5, 5.41) is 25.0. The highest BCUT2D eigenvalue weighted by Crippen LogP contribution is 2.30. The molecule has 27 heavy (non-hydrogen) atoms. The minimum atomic E-state index is -1.21. The highest BCUT2D eigenvalue weighted by molar-refractivity contribution is 5.96. The van der Waals surface area contributed by atoms with Gasteiger partial charge < -0.3 is 15.7 Å². The third-order valence-corrected chi connectivity index (χ3v) is 4.76. The zero-order chi connectivity index (χ0) is 19.6. The van der Waals surface area contributed by atoms with Crippen LogP contribution in [0.25, 0.3) is 0 Å². The Labute approximate surface area is 157 Å². The molecule has 0 bridgehead atoms. The minimum absolute atomic E-state index is 0.0566. The van der Waals surface area contributed by atoms with Crippen molar-refractivity contribution >= 4 is 23.6 Å². The second kappa shape index (κ2) is 10.2. The summed E-state index contributed by atoms with van der Waals surface area (Å²) < 4.78 is 0. The predicted molar refractivity (Wildman–Crippen MR) is 99.1 cm³/mol. The average molecular weight is 372 g/mol. The molecule has 1 saturated carbocycles. The molecular formula is C19H24N4O4. The maximum Gasteiger partial charge on any atom is 0.409 e. The fraction of sp³-hybridized carbons (Fsp3) is 0.474. The van der Waals surface area contributed by atoms with Crippen molar-refractivity contribution in [2.24, 2.45) is 11.8 Å². The minimum Gasteiger partial charge on any atom is -0.465 e. The Balaban J connectivity index is 2.02. The normalized spacial score (nSPS) is 15.2. The molecule has 0 saturated heterocycles. The van der Waals surface area contributed by atoms with Crippen LogP contribution < -0.4 is 16.0 Å². The standard InChI is InChI=1S/C19H24N4O4/c20-9-10-21-18(25)16(13-5-2-1-3-6-13)12-22-17(24)14-7-4-8-15(11-14)23-19(26)27/h4,7-8,11,13,16,23H,1-3,5-6,10,12H2,(H,21,25)(H,22,24)(H,26,27). The van der Waals surface area contributed by atoms with Crippen molar-refractivity contribution in [3.05, 3.63) is 29.8 Å². The summed E-state index contributed by atoms with van der Waals surface area (Å²) in [6, 6.07) is 8.04. The van der Waals surface area contributed by atoms with E-state index in [1.165, 1.54) is 6.07 Å². The molecule has 1 aromatic rings. The quantitative estimate of drug-likeness (QED) is 0.546. The van der Waals surface area contributed by atoms with Gasteiger partial charge in [-0.2, -0.15) is 5.26 Å². The van der Waals surface area contributed by atoms with Crippen molar-refractivity contribution in [1.82, 2.24) is 10.6 Å². The van der Waals surface area contributed by atoms with Crippen molar-refractivity contribution in [2.75, 3.05) is 18.4 Å². The first-order chi connectivity index (χ1) is 13.0. The third kappa shape index (κ3) is 6.29. The van der Waals surface area contributed by atoms with E-state index in [4.69, 9.17) is 10.4 Å². The number of carbonyl (C=O) groups excluding carboxylic acids is 2. The van der Waals surface area contributed by atoms with Crippen molar-refractivity contribution in [3.8, 4) is 6.07 Å². The van der Waals surface area contributed by atoms with E-state index in [0.717, 1.165) is 32.1 Å². The van der Waals surface area contributed by atoms with E-state index in [9.17, 15) is 14.4 Å². The van der Waals surface area contributed by atoms with E-state index >= 15 is 0 Å². The molecule has 0 radical (unpaired) electrons. The number of hydrogen-bond acceptors (Lipinski definition) is 4. The third-order valence-electron chi connectivity index (χ3n) is 4.76. The first kappa shape index (κ1) is 20.2. The van der Waals surface area contributed by atoms with Gasteiger partial charge in [0.05, 0.1) is 12.0 Å². The number of benzene rings is 1. The first-order valence-corrected chi connectivity index (χ1v) is 9.04. The molecule has 1 unspecified atom stereocenters. The van der Waals surface area contributed by atoms with Gasteiger partial charge in [0.2, 0.25) is 5.91 Å². The first-order valence-electron chi connectivity index (χ1n) is 9.04. The summed E-state index contributed by atoms with van der Waals surface area (Å²) in [6.45, 7) is 0.121. The van der Waals surface area contributed by atoms with Crippen LogP contribution in [0.5, 0.6) is 0 Å². The summed E-state index contributed by atoms with van der Waals surface area (Å²) in [7, 11) is 0. The van der Waals surface area contributed by atoms with Crippen LogP contribution in [-0.4, -0.2) is 36.1 Å². The van der Waals surface area contributed by atoms with Gasteiger partial charge >= 0.3 is 6.09 Å². The number of rotatable bonds is 7. The van der Waals surface area contributed by atoms with Crippen LogP contribution in [0.4, 0.5) is 10.5 Å². The Bertz CT molecular complexity index is 723. The van der Waals surface area contributed by atoms with Gasteiger partial charge in [-0.25, -0.2) is 4.79 Å². The van der Waals surface area contributed by atoms with E-state index in [-0.39, 0.29) is 36.7 Å². The van der Waals surface area contributed by atoms with Crippen molar-refractivity contribution in [1.29, 1.82) is 5.26 Å². The molecule has 1 aliphatic carbocycles. The Kier molecular flexibility index (Phi) is 7.62. The smallest absolute Gasteiger partial charge is 0.409 e. The fourth-order valence-corrected chi connectivity index (χ4v) is 3.43. The summed E-state index contributed by atoms with van der Waals surface area (Å²) in [6.07, 6.45) is 3.92. The molecular weight excluding hydrogens is 348 g/mol. The highest BCUT2D eigenvalue weighted by atomic mass is 16.4. The average Bonchev–Trinajstić information content (AvgIpc) is 2.67. The number of nitriles is 1. The number of amides is 3. The summed E-state index contributed by atoms with van der Waals surface area (Å²) >= 11 is 0. The lowest BCUT2D eigenvalue weighted by atomic mass is 9.79. The molecule has 0 aliphatic heterocycles. The van der Waals surface area contributed by atoms with Crippen molar-refractivity contribution in [2.45, 2.75) is 32.1 Å². The second-order valence-corrected chi connectivity index (χ2v) is 6.60. The zero-order valence-electron chi connectivity index (χ0n) is 15.0. The molecule has 3 amide bonds. The lowest BCUT2D eigenvalue weighted by Crippen LogP contribution is -2.43. The van der Waals surface area contributed by atoms with Gasteiger partial charge in [-0.05, 0) is 37.0 Å². The van der Waals surface area contributed by atoms with Crippen LogP contribution >= 0.6 is 0 Å². The number of anilines is 1. The molecule has 8 heteroatoms. The van der Waals surface area contributed by atoms with Crippen molar-refractivity contribution in [3.63, 3.8) is 0 Å². The molecule has 144 valence electrons. The van der Waals surface area contributed by atoms with Crippen LogP contribution in [0.15, 0.2) is 24.3 Å². The van der Waals surface area contributed by atoms with E-state index < -0.39 is 6.09 Å². The van der Waals surface area contributed by atoms with Gasteiger partial charge in [0.15, 0.2) is 0 Å². The molecule has 8 nitrogen and oxygen atoms in total. The maximum atomic E-state index is 12.4. The molecule has 4 N–H and O–H groups in total. The molecule has 1 aromatic carbocycles. The second-order valence-electron chi connectivity index (χ2n) is 6.60. The fourth-order valence-electron chi connectivity index (χ4n) is 3.43. The van der Waals surface area contributed by atoms with Gasteiger partial charge in [0.25, 0.3) is 5.91 Å². The monoisotopic (exact) mass is 372 g/mol. The molecule has 1 aliphatic rings. The Hall–Kier alpha value is -3.08. The Morgan fingerprint density at radius 3 is 2.59 bits per heavy atom. The van der Waals surface area contributed by atoms with Crippen LogP contribution in [0.1, 0.15) is 42.5 Å². The zero-order valence-corrected chi connectivity index (χ0v) is 15.0. The van der Waals surface area contributed by atoms with Gasteiger partial charge in [-0.3, -0.25) is 14.9 Å². The van der Waals surface area contributed by atoms with Crippen molar-refractivity contribution < 1.29 is 19.5 Å². The summed E-state index contributed by atoms with van der Waals surface area (Å²) in [5.74, 6) is -0.802. The highest BCUT2D eigenvalue weighted by Gasteiger charge is 2.29. The largest absolute Gasteiger partial charge is 0.465 e. The summed E-state index contributed by atoms with van der Waals surface area (Å²) in [4.78, 5) is 35.6. The van der Waals surface area contributed by atoms with Gasteiger partial charge in [0, 0.05) is 17.8 Å². The van der Waals surface area contributed by atoms with E-state index in [1.807, 2.05) is 6.07 Å². The van der Waals surface area contributed by atoms with Gasteiger partial charge in [-0.15, -0.1) is 0 Å². The molecule has 1 fully saturated rings. The number of nitrogens with zero attached hydrogens (tertiary/aromatic N) is 1. The maximum absolute atomic E-state index is 12.4. The van der Waals surface area contributed by atoms with Gasteiger partial charge in [0.1, 0.15) is 6.54 Å². The number of carboxylic acid groups (broad SMARTS) is 1. The molecule has 0 heterocycles. The molecule has 2 rings (SSSR count). The number of carbonyl (C=O) groups is 3. The Morgan fingerprint density at radius 2 is 1.93 bits per heavy atom. The van der Waals surface area contributed by atoms with Crippen LogP contribution in [0.2, 0.25) is 0 Å². The Morgan fingerprint density at radius 1 is 1.19 bits per heavy atom. The summed E-state index contributed by atoms with van der Waals surface area (Å²) in [5.41, 5.74) is 0.604.